The highest BCUT2D eigenvalue weighted by Gasteiger charge is 2.22. The van der Waals surface area contributed by atoms with Gasteiger partial charge in [0.25, 0.3) is 0 Å². The van der Waals surface area contributed by atoms with Crippen LogP contribution in [0.4, 0.5) is 0 Å². The van der Waals surface area contributed by atoms with Crippen molar-refractivity contribution in [2.24, 2.45) is 0 Å². The van der Waals surface area contributed by atoms with Crippen LogP contribution in [-0.2, 0) is 0 Å². The number of benzene rings is 29. The fourth-order valence-corrected chi connectivity index (χ4v) is 22.9. The first-order valence-corrected chi connectivity index (χ1v) is 49.6. The lowest BCUT2D eigenvalue weighted by molar-refractivity contribution is 1.51. The van der Waals surface area contributed by atoms with E-state index in [0.29, 0.717) is 0 Å². The zero-order chi connectivity index (χ0) is 95.4. The van der Waals surface area contributed by atoms with E-state index in [1.807, 2.05) is 0 Å². The predicted octanol–water partition coefficient (Wildman–Crippen LogP) is 40.5. The van der Waals surface area contributed by atoms with E-state index in [2.05, 4.69) is 551 Å². The number of fused-ring (bicyclic) bond motifs is 21. The van der Waals surface area contributed by atoms with Crippen molar-refractivity contribution in [3.05, 3.63) is 543 Å². The summed E-state index contributed by atoms with van der Waals surface area (Å²) in [6.45, 7) is 13.3. The Morgan fingerprint density at radius 1 is 0.0986 bits per heavy atom. The summed E-state index contributed by atoms with van der Waals surface area (Å²) < 4.78 is 0. The van der Waals surface area contributed by atoms with E-state index in [1.54, 1.807) is 0 Å². The molecule has 0 nitrogen and oxygen atoms in total. The average Bonchev–Trinajstić information content (AvgIpc) is 0.722. The molecule has 0 aliphatic carbocycles. The fourth-order valence-electron chi connectivity index (χ4n) is 22.9. The second-order valence-electron chi connectivity index (χ2n) is 38.0. The van der Waals surface area contributed by atoms with Gasteiger partial charge in [-0.05, 0) is 355 Å². The zero-order valence-electron chi connectivity index (χ0n) is 80.5. The van der Waals surface area contributed by atoms with Gasteiger partial charge in [0.05, 0.1) is 0 Å². The molecule has 142 heavy (non-hydrogen) atoms. The van der Waals surface area contributed by atoms with Crippen LogP contribution in [0.2, 0.25) is 0 Å². The molecule has 0 saturated carbocycles. The van der Waals surface area contributed by atoms with E-state index in [0.717, 1.165) is 0 Å². The summed E-state index contributed by atoms with van der Waals surface area (Å²) in [5.74, 6) is 0. The highest BCUT2D eigenvalue weighted by atomic mass is 14.3. The van der Waals surface area contributed by atoms with E-state index in [1.165, 1.54) is 283 Å². The normalized spacial score (nSPS) is 11.5. The Morgan fingerprint density at radius 2 is 0.324 bits per heavy atom. The molecular formula is C142H102. The maximum absolute atomic E-state index is 2.35. The van der Waals surface area contributed by atoms with Crippen molar-refractivity contribution >= 4 is 205 Å². The lowest BCUT2D eigenvalue weighted by Gasteiger charge is -2.17. The molecule has 0 fully saturated rings. The Bertz CT molecular complexity index is 9790. The van der Waals surface area contributed by atoms with E-state index in [4.69, 9.17) is 0 Å². The number of hydrogen-bond donors (Lipinski definition) is 0. The van der Waals surface area contributed by atoms with Crippen LogP contribution in [0.25, 0.3) is 249 Å². The fraction of sp³-hybridized carbons (Fsp3) is 0.0423. The highest BCUT2D eigenvalue weighted by Crippen LogP contribution is 2.49. The van der Waals surface area contributed by atoms with Crippen molar-refractivity contribution in [2.75, 3.05) is 0 Å². The monoisotopic (exact) mass is 1810 g/mol. The van der Waals surface area contributed by atoms with Gasteiger partial charge in [-0.1, -0.05) is 479 Å². The Kier molecular flexibility index (Phi) is 22.9. The molecule has 0 atom stereocenters. The highest BCUT2D eigenvalue weighted by molar-refractivity contribution is 6.25. The maximum Gasteiger partial charge on any atom is -0.00204 e. The predicted molar refractivity (Wildman–Crippen MR) is 621 cm³/mol. The van der Waals surface area contributed by atoms with Gasteiger partial charge in [-0.15, -0.1) is 0 Å². The van der Waals surface area contributed by atoms with Gasteiger partial charge in [0.2, 0.25) is 0 Å². The first kappa shape index (κ1) is 87.1. The van der Waals surface area contributed by atoms with Crippen molar-refractivity contribution in [1.82, 2.24) is 0 Å². The molecule has 0 saturated heterocycles. The molecular weight excluding hydrogens is 1710 g/mol. The van der Waals surface area contributed by atoms with Crippen LogP contribution in [0.5, 0.6) is 0 Å². The van der Waals surface area contributed by atoms with Gasteiger partial charge in [0, 0.05) is 0 Å². The van der Waals surface area contributed by atoms with Crippen LogP contribution in [0.3, 0.4) is 0 Å². The van der Waals surface area contributed by atoms with Gasteiger partial charge in [-0.2, -0.15) is 0 Å². The number of rotatable bonds is 4. The molecule has 0 aliphatic heterocycles. The minimum absolute atomic E-state index is 1.28. The Balaban J connectivity index is 0.0000000939. The summed E-state index contributed by atoms with van der Waals surface area (Å²) >= 11 is 0. The largest absolute Gasteiger partial charge is 0.0616 e. The Morgan fingerprint density at radius 3 is 0.732 bits per heavy atom. The van der Waals surface area contributed by atoms with E-state index < -0.39 is 0 Å². The van der Waals surface area contributed by atoms with Gasteiger partial charge in [0.15, 0.2) is 0 Å². The smallest absolute Gasteiger partial charge is 0.00204 e. The Hall–Kier alpha value is -17.7. The summed E-state index contributed by atoms with van der Waals surface area (Å²) in [5.41, 5.74) is 18.7. The van der Waals surface area contributed by atoms with Crippen LogP contribution in [-0.4, -0.2) is 0 Å². The van der Waals surface area contributed by atoms with Crippen LogP contribution < -0.4 is 0 Å². The second-order valence-corrected chi connectivity index (χ2v) is 38.0. The molecule has 0 spiro atoms. The quantitative estimate of drug-likeness (QED) is 0.122. The van der Waals surface area contributed by atoms with Crippen LogP contribution in [0, 0.1) is 41.5 Å². The molecule has 0 heterocycles. The first-order valence-electron chi connectivity index (χ1n) is 49.6. The standard InChI is InChI=1S/C33H22.C29H20.2C25H18.2C15H12/c1-21-25-11-4-6-13-29(25)33(30-14-7-5-12-26(21)30)31-16-8-15-27-28(31)18-17-24-19-22-9-2-3-10-23(22)20-32(24)27;1-19-21-10-4-6-13-26(21)29(27-14-7-5-11-22(19)27)28-16-8-15-24-23-12-3-2-9-20(23)17-18-25(24)28;1-17-19-11-4-6-14-22(19)25(23-15-7-5-12-20(17)23)24-16-8-10-18-9-2-3-13-21(18)24;1-17-21-10-4-6-12-23(21)25(24-13-7-5-11-22(17)24)20-15-14-18-8-2-3-9-19(18)16-20;1-11-14-8-4-2-6-12(14)10-13-7-3-5-9-15(11)13;1-11-6-7-14-9-12-4-2-3-5-13(12)10-15(14)8-11/h2-20H,1H3;2-18H,1H3;2*2-16H,1H3;2*2-10H,1H3. The topological polar surface area (TPSA) is 0 Å². The van der Waals surface area contributed by atoms with Gasteiger partial charge >= 0.3 is 0 Å². The molecule has 0 heteroatoms. The number of aryl methyl sites for hydroxylation is 6. The summed E-state index contributed by atoms with van der Waals surface area (Å²) in [7, 11) is 0. The first-order chi connectivity index (χ1) is 70.0. The third-order valence-corrected chi connectivity index (χ3v) is 29.9. The van der Waals surface area contributed by atoms with E-state index >= 15 is 0 Å². The van der Waals surface area contributed by atoms with E-state index in [-0.39, 0.29) is 0 Å². The third kappa shape index (κ3) is 15.8. The van der Waals surface area contributed by atoms with Crippen molar-refractivity contribution in [2.45, 2.75) is 41.5 Å². The third-order valence-electron chi connectivity index (χ3n) is 29.9. The maximum atomic E-state index is 2.35. The lowest BCUT2D eigenvalue weighted by Crippen LogP contribution is -1.90. The van der Waals surface area contributed by atoms with Crippen LogP contribution in [0.1, 0.15) is 33.4 Å². The average molecular weight is 1810 g/mol. The molecule has 29 aromatic carbocycles. The molecule has 0 aliphatic rings. The SMILES string of the molecule is Cc1c2ccccc2c(-c2ccc3ccccc3c2)c2ccccc12.Cc1c2ccccc2c(-c2cccc3c2ccc2cc4ccccc4cc23)c2ccccc12.Cc1c2ccccc2c(-c2cccc3c2ccc2ccccc23)c2ccccc12.Cc1c2ccccc2c(-c2cccc3ccccc23)c2ccccc12.Cc1c2ccccc2cc2ccccc12.Cc1ccc2cc3ccccc3cc2c1. The van der Waals surface area contributed by atoms with Crippen LogP contribution in [0.15, 0.2) is 510 Å². The molecule has 0 unspecified atom stereocenters. The minimum atomic E-state index is 1.28. The van der Waals surface area contributed by atoms with Crippen molar-refractivity contribution < 1.29 is 0 Å². The van der Waals surface area contributed by atoms with Gasteiger partial charge < -0.3 is 0 Å². The van der Waals surface area contributed by atoms with Gasteiger partial charge in [-0.25, -0.2) is 0 Å². The molecule has 0 amide bonds. The zero-order valence-corrected chi connectivity index (χ0v) is 80.5. The van der Waals surface area contributed by atoms with Gasteiger partial charge in [0.1, 0.15) is 0 Å². The molecule has 0 bridgehead atoms. The van der Waals surface area contributed by atoms with Crippen molar-refractivity contribution in [3.63, 3.8) is 0 Å². The molecule has 0 N–H and O–H groups in total. The summed E-state index contributed by atoms with van der Waals surface area (Å²) in [6, 6.07) is 185. The van der Waals surface area contributed by atoms with Crippen LogP contribution >= 0.6 is 0 Å². The summed E-state index contributed by atoms with van der Waals surface area (Å²) in [6.07, 6.45) is 0. The van der Waals surface area contributed by atoms with Crippen molar-refractivity contribution in [1.29, 1.82) is 0 Å². The Labute approximate surface area is 827 Å². The molecule has 0 radical (unpaired) electrons. The second kappa shape index (κ2) is 37.3. The van der Waals surface area contributed by atoms with E-state index in [9.17, 15) is 0 Å². The summed E-state index contributed by atoms with van der Waals surface area (Å²) in [4.78, 5) is 0. The van der Waals surface area contributed by atoms with Crippen molar-refractivity contribution in [3.8, 4) is 44.5 Å². The minimum Gasteiger partial charge on any atom is -0.0616 e. The number of hydrogen-bond acceptors (Lipinski definition) is 0. The molecule has 29 aromatic rings. The molecule has 0 aromatic heterocycles. The molecule has 29 rings (SSSR count). The lowest BCUT2D eigenvalue weighted by atomic mass is 9.86. The van der Waals surface area contributed by atoms with Gasteiger partial charge in [-0.3, -0.25) is 0 Å². The summed E-state index contributed by atoms with van der Waals surface area (Å²) in [5, 5.41) is 50.1. The molecule has 670 valence electrons.